The lowest BCUT2D eigenvalue weighted by Gasteiger charge is -2.45. The van der Waals surface area contributed by atoms with Crippen LogP contribution in [0.25, 0.3) is 0 Å². The first-order valence-corrected chi connectivity index (χ1v) is 8.12. The third-order valence-electron chi connectivity index (χ3n) is 4.94. The number of piperidine rings is 1. The highest BCUT2D eigenvalue weighted by atomic mass is 16.4. The zero-order valence-electron chi connectivity index (χ0n) is 13.8. The highest BCUT2D eigenvalue weighted by Crippen LogP contribution is 2.46. The zero-order valence-corrected chi connectivity index (χ0v) is 13.8. The molecule has 3 rings (SSSR count). The third kappa shape index (κ3) is 2.66. The molecule has 0 radical (unpaired) electrons. The van der Waals surface area contributed by atoms with Gasteiger partial charge in [-0.15, -0.1) is 4.91 Å². The maximum atomic E-state index is 11.8. The minimum atomic E-state index is -0.268. The number of rotatable bonds is 3. The van der Waals surface area contributed by atoms with Gasteiger partial charge in [0.15, 0.2) is 0 Å². The molecule has 1 heterocycles. The molecular weight excluding hydrogens is 302 g/mol. The van der Waals surface area contributed by atoms with Crippen LogP contribution < -0.4 is 0 Å². The molecule has 4 atom stereocenters. The van der Waals surface area contributed by atoms with Crippen molar-refractivity contribution < 1.29 is 5.21 Å². The van der Waals surface area contributed by atoms with E-state index in [1.54, 1.807) is 5.01 Å². The van der Waals surface area contributed by atoms with E-state index in [0.717, 1.165) is 11.1 Å². The summed E-state index contributed by atoms with van der Waals surface area (Å²) in [7, 11) is 0. The molecule has 1 aliphatic heterocycles. The summed E-state index contributed by atoms with van der Waals surface area (Å²) >= 11 is 0. The quantitative estimate of drug-likeness (QED) is 0.511. The van der Waals surface area contributed by atoms with Gasteiger partial charge in [-0.2, -0.15) is 0 Å². The van der Waals surface area contributed by atoms with Crippen molar-refractivity contribution in [2.45, 2.75) is 25.9 Å². The van der Waals surface area contributed by atoms with Crippen LogP contribution in [-0.4, -0.2) is 15.9 Å². The van der Waals surface area contributed by atoms with Crippen LogP contribution in [-0.2, 0) is 0 Å². The van der Waals surface area contributed by atoms with Crippen molar-refractivity contribution in [3.05, 3.63) is 76.7 Å². The number of hydrogen-bond acceptors (Lipinski definition) is 4. The average molecular weight is 323 g/mol. The van der Waals surface area contributed by atoms with Crippen LogP contribution in [0.1, 0.15) is 37.1 Å². The summed E-state index contributed by atoms with van der Waals surface area (Å²) in [5.74, 6) is -0.241. The SMILES string of the molecule is C[C@@H]1C(=NO)[C@H](C)[C@@H](c2ccccc2)N(N=O)[C@H]1c1ccccc1. The van der Waals surface area contributed by atoms with E-state index in [4.69, 9.17) is 0 Å². The van der Waals surface area contributed by atoms with E-state index in [1.165, 1.54) is 0 Å². The fourth-order valence-corrected chi connectivity index (χ4v) is 3.84. The lowest BCUT2D eigenvalue weighted by molar-refractivity contribution is 0.0692. The van der Waals surface area contributed by atoms with E-state index in [0.29, 0.717) is 5.71 Å². The van der Waals surface area contributed by atoms with Gasteiger partial charge in [-0.05, 0) is 11.1 Å². The molecule has 24 heavy (non-hydrogen) atoms. The van der Waals surface area contributed by atoms with E-state index in [-0.39, 0.29) is 23.9 Å². The molecule has 5 heteroatoms. The summed E-state index contributed by atoms with van der Waals surface area (Å²) < 4.78 is 0. The Kier molecular flexibility index (Phi) is 4.60. The molecule has 0 amide bonds. The van der Waals surface area contributed by atoms with E-state index in [9.17, 15) is 10.1 Å². The van der Waals surface area contributed by atoms with Crippen molar-refractivity contribution in [3.63, 3.8) is 0 Å². The summed E-state index contributed by atoms with van der Waals surface area (Å²) in [4.78, 5) is 11.8. The number of hydrogen-bond donors (Lipinski definition) is 1. The van der Waals surface area contributed by atoms with E-state index < -0.39 is 0 Å². The van der Waals surface area contributed by atoms with Gasteiger partial charge in [0.2, 0.25) is 0 Å². The first-order valence-electron chi connectivity index (χ1n) is 8.12. The second-order valence-corrected chi connectivity index (χ2v) is 6.27. The Bertz CT molecular complexity index is 662. The first kappa shape index (κ1) is 16.2. The molecule has 0 saturated carbocycles. The van der Waals surface area contributed by atoms with E-state index in [2.05, 4.69) is 10.4 Å². The molecule has 1 saturated heterocycles. The van der Waals surface area contributed by atoms with Gasteiger partial charge >= 0.3 is 0 Å². The molecule has 2 aromatic rings. The van der Waals surface area contributed by atoms with Crippen molar-refractivity contribution in [1.82, 2.24) is 5.01 Å². The lowest BCUT2D eigenvalue weighted by Crippen LogP contribution is -2.46. The molecule has 0 aliphatic carbocycles. The molecule has 0 unspecified atom stereocenters. The van der Waals surface area contributed by atoms with Gasteiger partial charge in [0.25, 0.3) is 0 Å². The average Bonchev–Trinajstić information content (AvgIpc) is 2.63. The van der Waals surface area contributed by atoms with E-state index >= 15 is 0 Å². The van der Waals surface area contributed by atoms with Crippen molar-refractivity contribution in [1.29, 1.82) is 0 Å². The van der Waals surface area contributed by atoms with Crippen LogP contribution >= 0.6 is 0 Å². The summed E-state index contributed by atoms with van der Waals surface area (Å²) in [6, 6.07) is 19.0. The van der Waals surface area contributed by atoms with Gasteiger partial charge in [0, 0.05) is 11.8 Å². The number of nitroso groups, excluding NO2 is 1. The predicted molar refractivity (Wildman–Crippen MR) is 93.5 cm³/mol. The second-order valence-electron chi connectivity index (χ2n) is 6.27. The Balaban J connectivity index is 2.13. The maximum absolute atomic E-state index is 11.8. The first-order chi connectivity index (χ1) is 11.7. The summed E-state index contributed by atoms with van der Waals surface area (Å²) in [5, 5.41) is 18.2. The Morgan fingerprint density at radius 2 is 1.25 bits per heavy atom. The summed E-state index contributed by atoms with van der Waals surface area (Å²) in [6.07, 6.45) is 0. The molecule has 0 spiro atoms. The molecule has 1 fully saturated rings. The lowest BCUT2D eigenvalue weighted by atomic mass is 9.75. The molecule has 1 N–H and O–H groups in total. The molecule has 124 valence electrons. The van der Waals surface area contributed by atoms with Crippen molar-refractivity contribution in [2.24, 2.45) is 22.3 Å². The van der Waals surface area contributed by atoms with Crippen LogP contribution in [0.2, 0.25) is 0 Å². The molecule has 2 aromatic carbocycles. The van der Waals surface area contributed by atoms with Gasteiger partial charge < -0.3 is 5.21 Å². The summed E-state index contributed by atoms with van der Waals surface area (Å²) in [6.45, 7) is 3.95. The van der Waals surface area contributed by atoms with E-state index in [1.807, 2.05) is 74.5 Å². The van der Waals surface area contributed by atoms with Gasteiger partial charge in [-0.25, -0.2) is 5.01 Å². The van der Waals surface area contributed by atoms with Crippen LogP contribution in [0, 0.1) is 16.7 Å². The molecular formula is C19H21N3O2. The zero-order chi connectivity index (χ0) is 17.1. The fourth-order valence-electron chi connectivity index (χ4n) is 3.84. The number of oxime groups is 1. The van der Waals surface area contributed by atoms with Crippen molar-refractivity contribution >= 4 is 5.71 Å². The topological polar surface area (TPSA) is 65.3 Å². The molecule has 0 bridgehead atoms. The minimum absolute atomic E-state index is 0.120. The monoisotopic (exact) mass is 323 g/mol. The molecule has 5 nitrogen and oxygen atoms in total. The Morgan fingerprint density at radius 1 is 0.833 bits per heavy atom. The van der Waals surface area contributed by atoms with Crippen molar-refractivity contribution in [3.8, 4) is 0 Å². The smallest absolute Gasteiger partial charge is 0.0838 e. The third-order valence-corrected chi connectivity index (χ3v) is 4.94. The van der Waals surface area contributed by atoms with Crippen LogP contribution in [0.15, 0.2) is 71.1 Å². The fraction of sp³-hybridized carbons (Fsp3) is 0.316. The molecule has 0 aromatic heterocycles. The van der Waals surface area contributed by atoms with Crippen molar-refractivity contribution in [2.75, 3.05) is 0 Å². The maximum Gasteiger partial charge on any atom is 0.0838 e. The van der Waals surface area contributed by atoms with Crippen LogP contribution in [0.3, 0.4) is 0 Å². The Morgan fingerprint density at radius 3 is 1.58 bits per heavy atom. The molecule has 1 aliphatic rings. The highest BCUT2D eigenvalue weighted by Gasteiger charge is 2.45. The standard InChI is InChI=1S/C19H21N3O2/c1-13-17(20-23)14(2)19(16-11-7-4-8-12-16)22(21-24)18(13)15-9-5-3-6-10-15/h3-14,18-19,23H,1-2H3/t13-,14+,18-,19+. The number of nitrogens with zero attached hydrogens (tertiary/aromatic N) is 3. The minimum Gasteiger partial charge on any atom is -0.411 e. The highest BCUT2D eigenvalue weighted by molar-refractivity contribution is 5.90. The normalized spacial score (nSPS) is 28.8. The van der Waals surface area contributed by atoms with Crippen LogP contribution in [0.4, 0.5) is 0 Å². The Hall–Kier alpha value is -2.69. The Labute approximate surface area is 141 Å². The van der Waals surface area contributed by atoms with Gasteiger partial charge in [0.1, 0.15) is 0 Å². The van der Waals surface area contributed by atoms with Gasteiger partial charge in [-0.3, -0.25) is 0 Å². The second kappa shape index (κ2) is 6.83. The van der Waals surface area contributed by atoms with Gasteiger partial charge in [-0.1, -0.05) is 79.7 Å². The van der Waals surface area contributed by atoms with Gasteiger partial charge in [0.05, 0.1) is 23.1 Å². The predicted octanol–water partition coefficient (Wildman–Crippen LogP) is 4.57. The van der Waals surface area contributed by atoms with Crippen LogP contribution in [0.5, 0.6) is 0 Å². The summed E-state index contributed by atoms with van der Waals surface area (Å²) in [5.41, 5.74) is 2.66. The largest absolute Gasteiger partial charge is 0.411 e. The number of benzene rings is 2.